The maximum absolute atomic E-state index is 2.39. The molecule has 0 heteroatoms. The van der Waals surface area contributed by atoms with E-state index in [1.54, 1.807) is 0 Å². The molecule has 0 atom stereocenters. The zero-order valence-corrected chi connectivity index (χ0v) is 13.5. The third kappa shape index (κ3) is 2.48. The van der Waals surface area contributed by atoms with Crippen molar-refractivity contribution in [1.82, 2.24) is 0 Å². The van der Waals surface area contributed by atoms with Gasteiger partial charge in [0.25, 0.3) is 0 Å². The average molecular weight is 246 g/mol. The molecule has 0 aliphatic rings. The minimum absolute atomic E-state index is 0.164. The van der Waals surface area contributed by atoms with Gasteiger partial charge in [-0.1, -0.05) is 79.7 Å². The van der Waals surface area contributed by atoms with Crippen LogP contribution in [0.3, 0.4) is 0 Å². The maximum Gasteiger partial charge on any atom is -0.00474 e. The third-order valence-electron chi connectivity index (χ3n) is 5.52. The van der Waals surface area contributed by atoms with Crippen LogP contribution in [0, 0.1) is 10.8 Å². The van der Waals surface area contributed by atoms with Crippen molar-refractivity contribution in [3.05, 3.63) is 35.4 Å². The summed E-state index contributed by atoms with van der Waals surface area (Å²) in [5.74, 6) is 0. The van der Waals surface area contributed by atoms with Gasteiger partial charge < -0.3 is 0 Å². The van der Waals surface area contributed by atoms with E-state index in [-0.39, 0.29) is 16.2 Å². The summed E-state index contributed by atoms with van der Waals surface area (Å²) < 4.78 is 0. The number of hydrogen-bond acceptors (Lipinski definition) is 0. The van der Waals surface area contributed by atoms with Crippen molar-refractivity contribution in [2.24, 2.45) is 10.8 Å². The first-order chi connectivity index (χ1) is 8.04. The van der Waals surface area contributed by atoms with Gasteiger partial charge in [0.15, 0.2) is 0 Å². The van der Waals surface area contributed by atoms with E-state index in [4.69, 9.17) is 0 Å². The van der Waals surface area contributed by atoms with Gasteiger partial charge in [-0.05, 0) is 33.8 Å². The zero-order valence-electron chi connectivity index (χ0n) is 13.5. The molecule has 0 unspecified atom stereocenters. The van der Waals surface area contributed by atoms with Gasteiger partial charge in [0, 0.05) is 0 Å². The van der Waals surface area contributed by atoms with Crippen LogP contribution in [0.4, 0.5) is 0 Å². The standard InChI is InChI=1S/C18H30/c1-9-14-10-12-15(13-11-14)17(5,6)18(7,8)16(2,3)4/h10-13H,9H2,1-8H3. The van der Waals surface area contributed by atoms with Crippen molar-refractivity contribution < 1.29 is 0 Å². The van der Waals surface area contributed by atoms with Crippen LogP contribution in [0.2, 0.25) is 0 Å². The van der Waals surface area contributed by atoms with Crippen molar-refractivity contribution in [1.29, 1.82) is 0 Å². The molecule has 0 amide bonds. The van der Waals surface area contributed by atoms with Gasteiger partial charge >= 0.3 is 0 Å². The van der Waals surface area contributed by atoms with Crippen LogP contribution in [-0.2, 0) is 11.8 Å². The Hall–Kier alpha value is -0.780. The Morgan fingerprint density at radius 2 is 1.22 bits per heavy atom. The average Bonchev–Trinajstić information content (AvgIpc) is 2.27. The molecule has 102 valence electrons. The van der Waals surface area contributed by atoms with Crippen molar-refractivity contribution in [2.75, 3.05) is 0 Å². The molecule has 1 aromatic carbocycles. The Morgan fingerprint density at radius 3 is 1.56 bits per heavy atom. The number of aryl methyl sites for hydroxylation is 1. The first kappa shape index (κ1) is 15.3. The normalized spacial score (nSPS) is 13.8. The fourth-order valence-electron chi connectivity index (χ4n) is 2.46. The van der Waals surface area contributed by atoms with Gasteiger partial charge in [0.1, 0.15) is 0 Å². The van der Waals surface area contributed by atoms with Crippen LogP contribution in [0.15, 0.2) is 24.3 Å². The van der Waals surface area contributed by atoms with Gasteiger partial charge in [-0.25, -0.2) is 0 Å². The molecule has 0 saturated heterocycles. The maximum atomic E-state index is 2.39. The first-order valence-electron chi connectivity index (χ1n) is 7.13. The minimum atomic E-state index is 0.164. The molecule has 0 aliphatic heterocycles. The van der Waals surface area contributed by atoms with Crippen molar-refractivity contribution >= 4 is 0 Å². The highest BCUT2D eigenvalue weighted by Crippen LogP contribution is 2.52. The first-order valence-corrected chi connectivity index (χ1v) is 7.13. The Bertz CT molecular complexity index is 385. The second kappa shape index (κ2) is 4.72. The van der Waals surface area contributed by atoms with Gasteiger partial charge in [0.2, 0.25) is 0 Å². The molecule has 0 radical (unpaired) electrons. The lowest BCUT2D eigenvalue weighted by molar-refractivity contribution is 0.0455. The summed E-state index contributed by atoms with van der Waals surface area (Å²) in [7, 11) is 0. The van der Waals surface area contributed by atoms with Crippen LogP contribution in [0.25, 0.3) is 0 Å². The van der Waals surface area contributed by atoms with Crippen LogP contribution in [0.5, 0.6) is 0 Å². The number of benzene rings is 1. The summed E-state index contributed by atoms with van der Waals surface area (Å²) >= 11 is 0. The summed E-state index contributed by atoms with van der Waals surface area (Å²) in [6.45, 7) is 18.8. The largest absolute Gasteiger partial charge is 0.0613 e. The zero-order chi connectivity index (χ0) is 14.2. The highest BCUT2D eigenvalue weighted by atomic mass is 14.5. The molecule has 18 heavy (non-hydrogen) atoms. The molecule has 1 rings (SSSR count). The Labute approximate surface area is 114 Å². The predicted molar refractivity (Wildman–Crippen MR) is 82.1 cm³/mol. The molecule has 0 aliphatic carbocycles. The second-order valence-corrected chi connectivity index (χ2v) is 7.55. The van der Waals surface area contributed by atoms with Crippen LogP contribution < -0.4 is 0 Å². The van der Waals surface area contributed by atoms with Crippen molar-refractivity contribution in [2.45, 2.75) is 67.2 Å². The van der Waals surface area contributed by atoms with E-state index >= 15 is 0 Å². The molecular formula is C18H30. The Morgan fingerprint density at radius 1 is 0.778 bits per heavy atom. The predicted octanol–water partition coefficient (Wildman–Crippen LogP) is 5.60. The third-order valence-corrected chi connectivity index (χ3v) is 5.52. The van der Waals surface area contributed by atoms with Gasteiger partial charge in [-0.2, -0.15) is 0 Å². The summed E-state index contributed by atoms with van der Waals surface area (Å²) in [5.41, 5.74) is 3.54. The highest BCUT2D eigenvalue weighted by molar-refractivity contribution is 5.30. The van der Waals surface area contributed by atoms with E-state index in [2.05, 4.69) is 79.7 Å². The molecule has 0 fully saturated rings. The second-order valence-electron chi connectivity index (χ2n) is 7.55. The molecule has 0 spiro atoms. The van der Waals surface area contributed by atoms with Crippen LogP contribution in [0.1, 0.15) is 66.5 Å². The Kier molecular flexibility index (Phi) is 4.00. The van der Waals surface area contributed by atoms with Gasteiger partial charge in [-0.3, -0.25) is 0 Å². The number of hydrogen-bond donors (Lipinski definition) is 0. The van der Waals surface area contributed by atoms with E-state index in [9.17, 15) is 0 Å². The van der Waals surface area contributed by atoms with Crippen molar-refractivity contribution in [3.63, 3.8) is 0 Å². The molecule has 0 saturated carbocycles. The quantitative estimate of drug-likeness (QED) is 0.651. The molecular weight excluding hydrogens is 216 g/mol. The summed E-state index contributed by atoms with van der Waals surface area (Å²) in [6, 6.07) is 9.17. The summed E-state index contributed by atoms with van der Waals surface area (Å²) in [5, 5.41) is 0. The fraction of sp³-hybridized carbons (Fsp3) is 0.667. The summed E-state index contributed by atoms with van der Waals surface area (Å²) in [4.78, 5) is 0. The number of rotatable bonds is 3. The fourth-order valence-corrected chi connectivity index (χ4v) is 2.46. The highest BCUT2D eigenvalue weighted by Gasteiger charge is 2.46. The van der Waals surface area contributed by atoms with Crippen molar-refractivity contribution in [3.8, 4) is 0 Å². The van der Waals surface area contributed by atoms with E-state index in [0.29, 0.717) is 0 Å². The lowest BCUT2D eigenvalue weighted by Gasteiger charge is -2.51. The van der Waals surface area contributed by atoms with E-state index in [0.717, 1.165) is 6.42 Å². The monoisotopic (exact) mass is 246 g/mol. The van der Waals surface area contributed by atoms with Crippen LogP contribution >= 0.6 is 0 Å². The van der Waals surface area contributed by atoms with Gasteiger partial charge in [-0.15, -0.1) is 0 Å². The van der Waals surface area contributed by atoms with Gasteiger partial charge in [0.05, 0.1) is 0 Å². The Balaban J connectivity index is 3.19. The lowest BCUT2D eigenvalue weighted by Crippen LogP contribution is -2.45. The van der Waals surface area contributed by atoms with E-state index in [1.165, 1.54) is 11.1 Å². The molecule has 1 aromatic rings. The van der Waals surface area contributed by atoms with Crippen LogP contribution in [-0.4, -0.2) is 0 Å². The smallest absolute Gasteiger partial charge is 0.00474 e. The molecule has 0 heterocycles. The van der Waals surface area contributed by atoms with E-state index < -0.39 is 0 Å². The molecule has 0 N–H and O–H groups in total. The molecule has 0 bridgehead atoms. The van der Waals surface area contributed by atoms with E-state index in [1.807, 2.05) is 0 Å². The minimum Gasteiger partial charge on any atom is -0.0613 e. The lowest BCUT2D eigenvalue weighted by atomic mass is 9.53. The SMILES string of the molecule is CCc1ccc(C(C)(C)C(C)(C)C(C)(C)C)cc1. The molecule has 0 aromatic heterocycles. The molecule has 0 nitrogen and oxygen atoms in total. The topological polar surface area (TPSA) is 0 Å². The summed E-state index contributed by atoms with van der Waals surface area (Å²) in [6.07, 6.45) is 1.11.